The Kier molecular flexibility index (Phi) is 3.43. The van der Waals surface area contributed by atoms with Crippen LogP contribution in [0.5, 0.6) is 0 Å². The number of benzene rings is 2. The molecule has 2 nitrogen and oxygen atoms in total. The highest BCUT2D eigenvalue weighted by Crippen LogP contribution is 2.20. The molecule has 0 radical (unpaired) electrons. The number of hydrogen-bond donors (Lipinski definition) is 1. The Labute approximate surface area is 113 Å². The Morgan fingerprint density at radius 2 is 1.58 bits per heavy atom. The number of Topliss-reactive ketones (excluding diaryl/α,β-unsaturated/α-hetero) is 1. The third-order valence-electron chi connectivity index (χ3n) is 3.65. The number of ketones is 1. The maximum Gasteiger partial charge on any atom is 0.163 e. The number of rotatable bonds is 4. The zero-order valence-electron chi connectivity index (χ0n) is 10.8. The van der Waals surface area contributed by atoms with E-state index in [0.717, 1.165) is 24.2 Å². The molecule has 96 valence electrons. The zero-order chi connectivity index (χ0) is 13.1. The van der Waals surface area contributed by atoms with Crippen molar-refractivity contribution in [1.82, 2.24) is 5.32 Å². The second-order valence-corrected chi connectivity index (χ2v) is 5.09. The van der Waals surface area contributed by atoms with Gasteiger partial charge < -0.3 is 5.32 Å². The molecule has 2 aromatic rings. The maximum absolute atomic E-state index is 12.1. The van der Waals surface area contributed by atoms with Gasteiger partial charge in [0.05, 0.1) is 0 Å². The standard InChI is InChI=1S/C17H17NO/c19-17(10-13-11-18-12-13)16-8-6-15(7-9-16)14-4-2-1-3-5-14/h1-9,13,18H,10-12H2. The molecule has 2 heteroatoms. The highest BCUT2D eigenvalue weighted by Gasteiger charge is 2.20. The summed E-state index contributed by atoms with van der Waals surface area (Å²) in [5.74, 6) is 0.785. The summed E-state index contributed by atoms with van der Waals surface area (Å²) < 4.78 is 0. The lowest BCUT2D eigenvalue weighted by atomic mass is 9.93. The minimum Gasteiger partial charge on any atom is -0.316 e. The Balaban J connectivity index is 1.73. The van der Waals surface area contributed by atoms with Gasteiger partial charge in [-0.1, -0.05) is 54.6 Å². The Morgan fingerprint density at radius 3 is 2.16 bits per heavy atom. The molecule has 3 rings (SSSR count). The molecule has 1 N–H and O–H groups in total. The fourth-order valence-electron chi connectivity index (χ4n) is 2.35. The summed E-state index contributed by atoms with van der Waals surface area (Å²) in [6.45, 7) is 1.96. The normalized spacial score (nSPS) is 14.9. The van der Waals surface area contributed by atoms with Gasteiger partial charge in [-0.05, 0) is 30.1 Å². The van der Waals surface area contributed by atoms with Gasteiger partial charge in [0.2, 0.25) is 0 Å². The molecule has 0 unspecified atom stereocenters. The van der Waals surface area contributed by atoms with Crippen molar-refractivity contribution < 1.29 is 4.79 Å². The van der Waals surface area contributed by atoms with Crippen LogP contribution in [0.2, 0.25) is 0 Å². The second kappa shape index (κ2) is 5.37. The highest BCUT2D eigenvalue weighted by atomic mass is 16.1. The minimum absolute atomic E-state index is 0.256. The summed E-state index contributed by atoms with van der Waals surface area (Å²) in [5, 5.41) is 3.20. The van der Waals surface area contributed by atoms with Crippen molar-refractivity contribution in [3.05, 3.63) is 60.2 Å². The molecule has 0 amide bonds. The largest absolute Gasteiger partial charge is 0.316 e. The van der Waals surface area contributed by atoms with Crippen molar-refractivity contribution in [3.8, 4) is 11.1 Å². The first-order chi connectivity index (χ1) is 9.33. The molecule has 1 aliphatic rings. The quantitative estimate of drug-likeness (QED) is 0.846. The number of nitrogens with one attached hydrogen (secondary N) is 1. The summed E-state index contributed by atoms with van der Waals surface area (Å²) in [5.41, 5.74) is 3.17. The van der Waals surface area contributed by atoms with Gasteiger partial charge >= 0.3 is 0 Å². The van der Waals surface area contributed by atoms with E-state index in [-0.39, 0.29) is 5.78 Å². The van der Waals surface area contributed by atoms with Crippen LogP contribution in [0.1, 0.15) is 16.8 Å². The van der Waals surface area contributed by atoms with Gasteiger partial charge in [0.25, 0.3) is 0 Å². The van der Waals surface area contributed by atoms with Crippen molar-refractivity contribution >= 4 is 5.78 Å². The number of carbonyl (C=O) groups is 1. The molecule has 0 bridgehead atoms. The van der Waals surface area contributed by atoms with Crippen LogP contribution in [-0.2, 0) is 0 Å². The fourth-order valence-corrected chi connectivity index (χ4v) is 2.35. The molecule has 19 heavy (non-hydrogen) atoms. The third-order valence-corrected chi connectivity index (χ3v) is 3.65. The molecule has 0 atom stereocenters. The smallest absolute Gasteiger partial charge is 0.163 e. The lowest BCUT2D eigenvalue weighted by molar-refractivity contribution is 0.0945. The first-order valence-electron chi connectivity index (χ1n) is 6.72. The van der Waals surface area contributed by atoms with Crippen LogP contribution < -0.4 is 5.32 Å². The predicted molar refractivity (Wildman–Crippen MR) is 77.2 cm³/mol. The molecule has 0 spiro atoms. The predicted octanol–water partition coefficient (Wildman–Crippen LogP) is 3.15. The Morgan fingerprint density at radius 1 is 0.947 bits per heavy atom. The Bertz CT molecular complexity index is 556. The van der Waals surface area contributed by atoms with Gasteiger partial charge in [-0.3, -0.25) is 4.79 Å². The SMILES string of the molecule is O=C(CC1CNC1)c1ccc(-c2ccccc2)cc1. The lowest BCUT2D eigenvalue weighted by Gasteiger charge is -2.26. The molecular formula is C17H17NO. The van der Waals surface area contributed by atoms with Gasteiger partial charge in [0.1, 0.15) is 0 Å². The van der Waals surface area contributed by atoms with E-state index in [9.17, 15) is 4.79 Å². The lowest BCUT2D eigenvalue weighted by Crippen LogP contribution is -2.42. The molecule has 0 aliphatic carbocycles. The summed E-state index contributed by atoms with van der Waals surface area (Å²) in [4.78, 5) is 12.1. The van der Waals surface area contributed by atoms with Crippen LogP contribution in [0.3, 0.4) is 0 Å². The summed E-state index contributed by atoms with van der Waals surface area (Å²) in [7, 11) is 0. The van der Waals surface area contributed by atoms with Crippen LogP contribution in [0, 0.1) is 5.92 Å². The van der Waals surface area contributed by atoms with E-state index in [2.05, 4.69) is 17.4 Å². The molecule has 1 fully saturated rings. The van der Waals surface area contributed by atoms with E-state index in [1.165, 1.54) is 5.56 Å². The van der Waals surface area contributed by atoms with Crippen LogP contribution in [0.15, 0.2) is 54.6 Å². The maximum atomic E-state index is 12.1. The topological polar surface area (TPSA) is 29.1 Å². The van der Waals surface area contributed by atoms with E-state index >= 15 is 0 Å². The van der Waals surface area contributed by atoms with Crippen LogP contribution >= 0.6 is 0 Å². The van der Waals surface area contributed by atoms with E-state index in [1.54, 1.807) is 0 Å². The van der Waals surface area contributed by atoms with Gasteiger partial charge in [0.15, 0.2) is 5.78 Å². The van der Waals surface area contributed by atoms with Crippen LogP contribution in [0.4, 0.5) is 0 Å². The summed E-state index contributed by atoms with van der Waals surface area (Å²) in [6, 6.07) is 18.2. The molecule has 2 aromatic carbocycles. The molecule has 0 aromatic heterocycles. The molecule has 0 saturated carbocycles. The fraction of sp³-hybridized carbons (Fsp3) is 0.235. The van der Waals surface area contributed by atoms with Gasteiger partial charge in [-0.2, -0.15) is 0 Å². The monoisotopic (exact) mass is 251 g/mol. The number of hydrogen-bond acceptors (Lipinski definition) is 2. The van der Waals surface area contributed by atoms with Crippen molar-refractivity contribution in [2.45, 2.75) is 6.42 Å². The minimum atomic E-state index is 0.256. The van der Waals surface area contributed by atoms with E-state index < -0.39 is 0 Å². The summed E-state index contributed by atoms with van der Waals surface area (Å²) in [6.07, 6.45) is 0.664. The van der Waals surface area contributed by atoms with Gasteiger partial charge in [-0.15, -0.1) is 0 Å². The third kappa shape index (κ3) is 2.74. The summed E-state index contributed by atoms with van der Waals surface area (Å²) >= 11 is 0. The average molecular weight is 251 g/mol. The van der Waals surface area contributed by atoms with Crippen molar-refractivity contribution in [1.29, 1.82) is 0 Å². The first kappa shape index (κ1) is 12.1. The zero-order valence-corrected chi connectivity index (χ0v) is 10.8. The van der Waals surface area contributed by atoms with Crippen molar-refractivity contribution in [3.63, 3.8) is 0 Å². The van der Waals surface area contributed by atoms with E-state index in [4.69, 9.17) is 0 Å². The molecule has 1 heterocycles. The first-order valence-corrected chi connectivity index (χ1v) is 6.72. The molecule has 1 saturated heterocycles. The Hall–Kier alpha value is -1.93. The van der Waals surface area contributed by atoms with Gasteiger partial charge in [0, 0.05) is 12.0 Å². The van der Waals surface area contributed by atoms with Crippen LogP contribution in [-0.4, -0.2) is 18.9 Å². The van der Waals surface area contributed by atoms with Crippen molar-refractivity contribution in [2.75, 3.05) is 13.1 Å². The average Bonchev–Trinajstić information content (AvgIpc) is 2.44. The van der Waals surface area contributed by atoms with Gasteiger partial charge in [-0.25, -0.2) is 0 Å². The van der Waals surface area contributed by atoms with Crippen LogP contribution in [0.25, 0.3) is 11.1 Å². The van der Waals surface area contributed by atoms with E-state index in [1.807, 2.05) is 42.5 Å². The molecule has 1 aliphatic heterocycles. The van der Waals surface area contributed by atoms with E-state index in [0.29, 0.717) is 12.3 Å². The number of carbonyl (C=O) groups excluding carboxylic acids is 1. The highest BCUT2D eigenvalue weighted by molar-refractivity contribution is 5.96. The molecular weight excluding hydrogens is 234 g/mol. The van der Waals surface area contributed by atoms with Crippen molar-refractivity contribution in [2.24, 2.45) is 5.92 Å². The second-order valence-electron chi connectivity index (χ2n) is 5.09.